The fraction of sp³-hybridized carbons (Fsp3) is 0.227. The van der Waals surface area contributed by atoms with Crippen molar-refractivity contribution < 1.29 is 14.3 Å². The monoisotopic (exact) mass is 407 g/mol. The molecule has 0 N–H and O–H groups in total. The van der Waals surface area contributed by atoms with Gasteiger partial charge < -0.3 is 14.2 Å². The van der Waals surface area contributed by atoms with Gasteiger partial charge in [0.2, 0.25) is 5.91 Å². The van der Waals surface area contributed by atoms with Gasteiger partial charge in [-0.3, -0.25) is 9.59 Å². The summed E-state index contributed by atoms with van der Waals surface area (Å²) in [5, 5.41) is 1.90. The van der Waals surface area contributed by atoms with Crippen molar-refractivity contribution in [3.63, 3.8) is 0 Å². The van der Waals surface area contributed by atoms with Gasteiger partial charge >= 0.3 is 0 Å². The van der Waals surface area contributed by atoms with Crippen LogP contribution in [0.5, 0.6) is 5.75 Å². The first kappa shape index (κ1) is 19.1. The number of thiazole rings is 1. The maximum Gasteiger partial charge on any atom is 0.291 e. The van der Waals surface area contributed by atoms with E-state index in [4.69, 9.17) is 4.74 Å². The third kappa shape index (κ3) is 4.14. The zero-order valence-electron chi connectivity index (χ0n) is 16.2. The number of rotatable bonds is 3. The summed E-state index contributed by atoms with van der Waals surface area (Å²) >= 11 is 1.40. The summed E-state index contributed by atoms with van der Waals surface area (Å²) in [6.45, 7) is 4.31. The molecule has 1 aliphatic heterocycles. The van der Waals surface area contributed by atoms with E-state index < -0.39 is 12.0 Å². The van der Waals surface area contributed by atoms with E-state index in [1.54, 1.807) is 11.0 Å². The molecule has 0 unspecified atom stereocenters. The smallest absolute Gasteiger partial charge is 0.291 e. The first-order chi connectivity index (χ1) is 14.0. The van der Waals surface area contributed by atoms with Crippen LogP contribution in [0, 0.1) is 6.92 Å². The number of hydrogen-bond donors (Lipinski definition) is 0. The Morgan fingerprint density at radius 1 is 1.17 bits per heavy atom. The third-order valence-electron chi connectivity index (χ3n) is 4.77. The molecule has 3 aromatic rings. The van der Waals surface area contributed by atoms with Crippen molar-refractivity contribution in [2.45, 2.75) is 26.5 Å². The average Bonchev–Trinajstić information content (AvgIpc) is 3.15. The van der Waals surface area contributed by atoms with Crippen LogP contribution in [0.25, 0.3) is 0 Å². The van der Waals surface area contributed by atoms with Crippen LogP contribution < -0.4 is 14.4 Å². The summed E-state index contributed by atoms with van der Waals surface area (Å²) in [6.07, 6.45) is 1.08. The second kappa shape index (κ2) is 8.05. The van der Waals surface area contributed by atoms with Gasteiger partial charge in [0.15, 0.2) is 10.9 Å². The molecule has 7 heteroatoms. The molecule has 1 atom stereocenters. The highest BCUT2D eigenvalue weighted by Crippen LogP contribution is 2.33. The minimum Gasteiger partial charge on any atom is -0.476 e. The lowest BCUT2D eigenvalue weighted by atomic mass is 10.1. The normalized spacial score (nSPS) is 16.3. The maximum absolute atomic E-state index is 12.9. The van der Waals surface area contributed by atoms with Crippen LogP contribution in [0.1, 0.15) is 18.1 Å². The van der Waals surface area contributed by atoms with Crippen LogP contribution in [-0.4, -0.2) is 29.0 Å². The number of aryl methyl sites for hydroxylation is 1. The highest BCUT2D eigenvalue weighted by Gasteiger charge is 2.32. The third-order valence-corrected chi connectivity index (χ3v) is 5.56. The highest BCUT2D eigenvalue weighted by atomic mass is 32.1. The van der Waals surface area contributed by atoms with E-state index in [9.17, 15) is 9.59 Å². The largest absolute Gasteiger partial charge is 0.476 e. The lowest BCUT2D eigenvalue weighted by Gasteiger charge is -2.32. The Kier molecular flexibility index (Phi) is 5.31. The van der Waals surface area contributed by atoms with E-state index in [0.717, 1.165) is 5.56 Å². The number of amides is 2. The molecule has 0 radical (unpaired) electrons. The van der Waals surface area contributed by atoms with E-state index in [-0.39, 0.29) is 12.5 Å². The summed E-state index contributed by atoms with van der Waals surface area (Å²) in [5.41, 5.74) is 3.01. The fourth-order valence-corrected chi connectivity index (χ4v) is 3.96. The van der Waals surface area contributed by atoms with Crippen LogP contribution >= 0.6 is 11.3 Å². The predicted molar refractivity (Wildman–Crippen MR) is 112 cm³/mol. The van der Waals surface area contributed by atoms with Gasteiger partial charge in [-0.15, -0.1) is 11.3 Å². The number of benzene rings is 2. The lowest BCUT2D eigenvalue weighted by Crippen LogP contribution is -2.46. The van der Waals surface area contributed by atoms with E-state index >= 15 is 0 Å². The molecule has 0 fully saturated rings. The Labute approximate surface area is 172 Å². The van der Waals surface area contributed by atoms with Gasteiger partial charge in [0, 0.05) is 25.0 Å². The number of nitrogens with zero attached hydrogens (tertiary/aromatic N) is 3. The molecule has 29 heavy (non-hydrogen) atoms. The maximum atomic E-state index is 12.9. The molecular formula is C22H21N3O3S. The summed E-state index contributed by atoms with van der Waals surface area (Å²) in [4.78, 5) is 31.4. The molecule has 0 aliphatic carbocycles. The topological polar surface area (TPSA) is 63.9 Å². The van der Waals surface area contributed by atoms with E-state index in [1.165, 1.54) is 23.8 Å². The number of anilines is 1. The summed E-state index contributed by atoms with van der Waals surface area (Å²) in [6, 6.07) is 15.5. The molecule has 2 aromatic carbocycles. The van der Waals surface area contributed by atoms with Crippen molar-refractivity contribution in [2.24, 2.45) is 4.99 Å². The molecule has 2 heterocycles. The van der Waals surface area contributed by atoms with Gasteiger partial charge in [0.25, 0.3) is 5.91 Å². The summed E-state index contributed by atoms with van der Waals surface area (Å²) < 4.78 is 7.79. The van der Waals surface area contributed by atoms with E-state index in [0.29, 0.717) is 22.8 Å². The Bertz CT molecular complexity index is 1110. The number of aromatic nitrogens is 1. The fourth-order valence-electron chi connectivity index (χ4n) is 3.22. The van der Waals surface area contributed by atoms with Crippen LogP contribution in [-0.2, 0) is 16.1 Å². The Morgan fingerprint density at radius 2 is 1.93 bits per heavy atom. The number of para-hydroxylation sites is 2. The zero-order chi connectivity index (χ0) is 20.4. The quantitative estimate of drug-likeness (QED) is 0.670. The predicted octanol–water partition coefficient (Wildman–Crippen LogP) is 3.15. The van der Waals surface area contributed by atoms with Gasteiger partial charge in [0.05, 0.1) is 12.2 Å². The number of carbonyl (C=O) groups is 2. The molecule has 4 rings (SSSR count). The molecule has 148 valence electrons. The molecule has 0 saturated carbocycles. The zero-order valence-corrected chi connectivity index (χ0v) is 17.1. The Hall–Kier alpha value is -3.19. The van der Waals surface area contributed by atoms with Gasteiger partial charge in [0.1, 0.15) is 5.75 Å². The Balaban J connectivity index is 1.58. The van der Waals surface area contributed by atoms with Crippen molar-refractivity contribution in [3.05, 3.63) is 76.0 Å². The minimum atomic E-state index is -0.830. The van der Waals surface area contributed by atoms with E-state index in [2.05, 4.69) is 29.3 Å². The molecule has 2 amide bonds. The standard InChI is InChI=1S/C22H21N3O3S/c1-15-7-9-17(10-8-15)13-24-11-12-29-22(24)23-21(27)20-14-25(16(2)26)18-5-3-4-6-19(18)28-20/h3-12,20H,13-14H2,1-2H3/t20-/m1/s1. The van der Waals surface area contributed by atoms with Gasteiger partial charge in [-0.1, -0.05) is 42.0 Å². The number of carbonyl (C=O) groups excluding carboxylic acids is 2. The van der Waals surface area contributed by atoms with Crippen molar-refractivity contribution >= 4 is 28.8 Å². The molecule has 0 spiro atoms. The van der Waals surface area contributed by atoms with Crippen LogP contribution in [0.3, 0.4) is 0 Å². The van der Waals surface area contributed by atoms with Crippen LogP contribution in [0.15, 0.2) is 65.1 Å². The van der Waals surface area contributed by atoms with Gasteiger partial charge in [-0.25, -0.2) is 0 Å². The second-order valence-corrected chi connectivity index (χ2v) is 7.83. The lowest BCUT2D eigenvalue weighted by molar-refractivity contribution is -0.125. The molecule has 6 nitrogen and oxygen atoms in total. The first-order valence-electron chi connectivity index (χ1n) is 9.33. The molecule has 0 bridgehead atoms. The molecule has 1 aromatic heterocycles. The number of hydrogen-bond acceptors (Lipinski definition) is 4. The van der Waals surface area contributed by atoms with Gasteiger partial charge in [-0.05, 0) is 24.6 Å². The first-order valence-corrected chi connectivity index (χ1v) is 10.2. The second-order valence-electron chi connectivity index (χ2n) is 6.95. The summed E-state index contributed by atoms with van der Waals surface area (Å²) in [7, 11) is 0. The average molecular weight is 407 g/mol. The van der Waals surface area contributed by atoms with E-state index in [1.807, 2.05) is 41.3 Å². The molecular weight excluding hydrogens is 386 g/mol. The highest BCUT2D eigenvalue weighted by molar-refractivity contribution is 7.07. The van der Waals surface area contributed by atoms with Crippen molar-refractivity contribution in [1.82, 2.24) is 4.57 Å². The minimum absolute atomic E-state index is 0.135. The SMILES string of the molecule is CC(=O)N1C[C@H](C(=O)N=c2sccn2Cc2ccc(C)cc2)Oc2ccccc21. The van der Waals surface area contributed by atoms with Crippen LogP contribution in [0.4, 0.5) is 5.69 Å². The summed E-state index contributed by atoms with van der Waals surface area (Å²) in [5.74, 6) is -0.0174. The Morgan fingerprint density at radius 3 is 2.69 bits per heavy atom. The van der Waals surface area contributed by atoms with Crippen molar-refractivity contribution in [3.8, 4) is 5.75 Å². The number of ether oxygens (including phenoxy) is 1. The van der Waals surface area contributed by atoms with Crippen molar-refractivity contribution in [1.29, 1.82) is 0 Å². The van der Waals surface area contributed by atoms with Crippen LogP contribution in [0.2, 0.25) is 0 Å². The van der Waals surface area contributed by atoms with Crippen molar-refractivity contribution in [2.75, 3.05) is 11.4 Å². The molecule has 0 saturated heterocycles. The number of fused-ring (bicyclic) bond motifs is 1. The molecule has 1 aliphatic rings. The van der Waals surface area contributed by atoms with Gasteiger partial charge in [-0.2, -0.15) is 4.99 Å².